The molecule has 2 aliphatic carbocycles. The van der Waals surface area contributed by atoms with Gasteiger partial charge in [-0.2, -0.15) is 0 Å². The van der Waals surface area contributed by atoms with Gasteiger partial charge in [-0.15, -0.1) is 0 Å². The van der Waals surface area contributed by atoms with Gasteiger partial charge in [-0.1, -0.05) is 42.0 Å². The highest BCUT2D eigenvalue weighted by Gasteiger charge is 2.35. The Balaban J connectivity index is 1.94. The molecule has 0 aromatic heterocycles. The van der Waals surface area contributed by atoms with Crippen LogP contribution in [0.15, 0.2) is 58.3 Å². The standard InChI is InChI=1S/C22H30OSi2/c1-16(2)22-20-11-9-8-10-17(20)15-21(22)18-12-13-19(14-18)25(6,7)23-24(3,4)5/h8-11,13-15H,12H2,1-7H3. The summed E-state index contributed by atoms with van der Waals surface area (Å²) in [5, 5.41) is 1.45. The van der Waals surface area contributed by atoms with Gasteiger partial charge < -0.3 is 4.12 Å². The molecule has 3 rings (SSSR count). The molecule has 0 amide bonds. The van der Waals surface area contributed by atoms with Crippen LogP contribution in [0.25, 0.3) is 11.6 Å². The lowest BCUT2D eigenvalue weighted by molar-refractivity contribution is 0.562. The quantitative estimate of drug-likeness (QED) is 0.537. The van der Waals surface area contributed by atoms with Crippen molar-refractivity contribution >= 4 is 28.3 Å². The third-order valence-corrected chi connectivity index (χ3v) is 11.0. The van der Waals surface area contributed by atoms with Gasteiger partial charge in [0.25, 0.3) is 0 Å². The van der Waals surface area contributed by atoms with E-state index in [2.05, 4.69) is 89.1 Å². The smallest absolute Gasteiger partial charge is 0.205 e. The zero-order chi connectivity index (χ0) is 18.4. The van der Waals surface area contributed by atoms with Crippen molar-refractivity contribution in [1.29, 1.82) is 0 Å². The van der Waals surface area contributed by atoms with Crippen molar-refractivity contribution in [1.82, 2.24) is 0 Å². The number of allylic oxidation sites excluding steroid dienone is 7. The van der Waals surface area contributed by atoms with Crippen LogP contribution < -0.4 is 0 Å². The molecule has 0 aliphatic heterocycles. The third kappa shape index (κ3) is 3.74. The second kappa shape index (κ2) is 6.38. The minimum atomic E-state index is -1.82. The Kier molecular flexibility index (Phi) is 4.69. The summed E-state index contributed by atoms with van der Waals surface area (Å²) in [5.41, 5.74) is 8.38. The molecule has 0 atom stereocenters. The average molecular weight is 367 g/mol. The zero-order valence-corrected chi connectivity index (χ0v) is 18.7. The Bertz CT molecular complexity index is 826. The summed E-state index contributed by atoms with van der Waals surface area (Å²) in [4.78, 5) is 0. The molecule has 0 spiro atoms. The van der Waals surface area contributed by atoms with Crippen LogP contribution >= 0.6 is 0 Å². The van der Waals surface area contributed by atoms with Crippen molar-refractivity contribution < 1.29 is 4.12 Å². The molecule has 25 heavy (non-hydrogen) atoms. The number of benzene rings is 1. The average Bonchev–Trinajstić information content (AvgIpc) is 3.09. The van der Waals surface area contributed by atoms with E-state index in [1.54, 1.807) is 0 Å². The van der Waals surface area contributed by atoms with E-state index < -0.39 is 16.6 Å². The van der Waals surface area contributed by atoms with Gasteiger partial charge in [-0.3, -0.25) is 0 Å². The first-order valence-electron chi connectivity index (χ1n) is 9.19. The molecule has 132 valence electrons. The van der Waals surface area contributed by atoms with Crippen LogP contribution in [0.1, 0.15) is 31.4 Å². The van der Waals surface area contributed by atoms with E-state index in [1.807, 2.05) is 0 Å². The molecule has 1 aromatic carbocycles. The molecule has 0 bridgehead atoms. The molecule has 0 saturated heterocycles. The summed E-state index contributed by atoms with van der Waals surface area (Å²) in [6.45, 7) is 16.0. The van der Waals surface area contributed by atoms with Gasteiger partial charge in [0, 0.05) is 0 Å². The van der Waals surface area contributed by atoms with Crippen molar-refractivity contribution in [3.63, 3.8) is 0 Å². The van der Waals surface area contributed by atoms with Gasteiger partial charge in [0.15, 0.2) is 8.32 Å². The lowest BCUT2D eigenvalue weighted by atomic mass is 9.93. The number of fused-ring (bicyclic) bond motifs is 1. The highest BCUT2D eigenvalue weighted by atomic mass is 28.4. The Labute approximate surface area is 155 Å². The number of hydrogen-bond donors (Lipinski definition) is 0. The maximum Gasteiger partial charge on any atom is 0.205 e. The van der Waals surface area contributed by atoms with Gasteiger partial charge in [0.05, 0.1) is 0 Å². The van der Waals surface area contributed by atoms with E-state index in [9.17, 15) is 0 Å². The van der Waals surface area contributed by atoms with Crippen LogP contribution in [0.3, 0.4) is 0 Å². The maximum atomic E-state index is 6.59. The van der Waals surface area contributed by atoms with Crippen LogP contribution in [0.5, 0.6) is 0 Å². The van der Waals surface area contributed by atoms with E-state index in [4.69, 9.17) is 4.12 Å². The molecule has 0 heterocycles. The second-order valence-corrected chi connectivity index (χ2v) is 17.4. The lowest BCUT2D eigenvalue weighted by Crippen LogP contribution is -2.43. The van der Waals surface area contributed by atoms with E-state index >= 15 is 0 Å². The molecular formula is C22H30OSi2. The molecule has 3 heteroatoms. The van der Waals surface area contributed by atoms with E-state index in [1.165, 1.54) is 38.6 Å². The molecule has 0 N–H and O–H groups in total. The zero-order valence-electron chi connectivity index (χ0n) is 16.7. The first-order valence-corrected chi connectivity index (χ1v) is 15.5. The lowest BCUT2D eigenvalue weighted by Gasteiger charge is -2.32. The van der Waals surface area contributed by atoms with Gasteiger partial charge in [-0.05, 0) is 92.1 Å². The minimum Gasteiger partial charge on any atom is -0.452 e. The molecular weight excluding hydrogens is 336 g/mol. The fourth-order valence-corrected chi connectivity index (χ4v) is 11.7. The Morgan fingerprint density at radius 1 is 0.960 bits per heavy atom. The van der Waals surface area contributed by atoms with Crippen molar-refractivity contribution in [2.24, 2.45) is 0 Å². The number of rotatable bonds is 4. The highest BCUT2D eigenvalue weighted by Crippen LogP contribution is 2.44. The predicted molar refractivity (Wildman–Crippen MR) is 115 cm³/mol. The Morgan fingerprint density at radius 2 is 1.64 bits per heavy atom. The van der Waals surface area contributed by atoms with Crippen LogP contribution in [-0.4, -0.2) is 16.6 Å². The van der Waals surface area contributed by atoms with Crippen LogP contribution in [0, 0.1) is 0 Å². The van der Waals surface area contributed by atoms with Crippen molar-refractivity contribution in [3.8, 4) is 0 Å². The molecule has 2 aliphatic rings. The molecule has 0 saturated carbocycles. The van der Waals surface area contributed by atoms with Crippen LogP contribution in [0.2, 0.25) is 32.7 Å². The molecule has 0 fully saturated rings. The van der Waals surface area contributed by atoms with Gasteiger partial charge in [0.1, 0.15) is 0 Å². The van der Waals surface area contributed by atoms with E-state index in [-0.39, 0.29) is 0 Å². The van der Waals surface area contributed by atoms with Crippen LogP contribution in [-0.2, 0) is 4.12 Å². The number of hydrogen-bond acceptors (Lipinski definition) is 1. The highest BCUT2D eigenvalue weighted by molar-refractivity contribution is 6.88. The first-order chi connectivity index (χ1) is 11.6. The summed E-state index contributed by atoms with van der Waals surface area (Å²) < 4.78 is 6.59. The summed E-state index contributed by atoms with van der Waals surface area (Å²) in [5.74, 6) is 0. The van der Waals surface area contributed by atoms with Crippen molar-refractivity contribution in [3.05, 3.63) is 69.5 Å². The largest absolute Gasteiger partial charge is 0.452 e. The maximum absolute atomic E-state index is 6.59. The third-order valence-electron chi connectivity index (χ3n) is 4.77. The molecule has 0 unspecified atom stereocenters. The molecule has 1 aromatic rings. The second-order valence-electron chi connectivity index (χ2n) is 8.78. The fraction of sp³-hybridized carbons (Fsp3) is 0.364. The summed E-state index contributed by atoms with van der Waals surface area (Å²) in [7, 11) is -3.35. The van der Waals surface area contributed by atoms with E-state index in [0.717, 1.165) is 6.42 Å². The van der Waals surface area contributed by atoms with Gasteiger partial charge in [-0.25, -0.2) is 0 Å². The summed E-state index contributed by atoms with van der Waals surface area (Å²) in [6.07, 6.45) is 8.23. The van der Waals surface area contributed by atoms with Crippen LogP contribution in [0.4, 0.5) is 0 Å². The first kappa shape index (κ1) is 18.4. The Hall–Kier alpha value is -1.43. The summed E-state index contributed by atoms with van der Waals surface area (Å²) in [6, 6.07) is 8.74. The van der Waals surface area contributed by atoms with Crippen molar-refractivity contribution in [2.75, 3.05) is 0 Å². The molecule has 1 nitrogen and oxygen atoms in total. The fourth-order valence-electron chi connectivity index (χ4n) is 3.97. The SMILES string of the molecule is CC(C)=C1C(C2=CC([Si](C)(C)O[Si](C)(C)C)=CC2)=Cc2ccccc21. The topological polar surface area (TPSA) is 9.23 Å². The van der Waals surface area contributed by atoms with Gasteiger partial charge >= 0.3 is 0 Å². The minimum absolute atomic E-state index is 1.03. The summed E-state index contributed by atoms with van der Waals surface area (Å²) >= 11 is 0. The van der Waals surface area contributed by atoms with Crippen molar-refractivity contribution in [2.45, 2.75) is 53.0 Å². The predicted octanol–water partition coefficient (Wildman–Crippen LogP) is 6.73. The van der Waals surface area contributed by atoms with E-state index in [0.29, 0.717) is 0 Å². The molecule has 0 radical (unpaired) electrons. The van der Waals surface area contributed by atoms with Gasteiger partial charge in [0.2, 0.25) is 8.32 Å². The monoisotopic (exact) mass is 366 g/mol. The Morgan fingerprint density at radius 3 is 2.28 bits per heavy atom. The normalized spacial score (nSPS) is 17.2.